The van der Waals surface area contributed by atoms with Crippen LogP contribution in [0, 0.1) is 23.2 Å². The number of hydrogen-bond donors (Lipinski definition) is 2. The standard InChI is InChI=1S/C29H48O5/c1-20(8-6-14-27(2,3)34-19-32-5)23-12-13-24-22(9-7-15-28(23,24)4)11-10-21-16-25(30)29(18-33-29)26(31)17-21/h10-11,20,23-26,30-31H,6-9,12-19H2,1-5H3/t20-,23?,24?,25-,26-,28?,29?/m1/s1. The fourth-order valence-electron chi connectivity index (χ4n) is 7.53. The molecular weight excluding hydrogens is 428 g/mol. The Morgan fingerprint density at radius 3 is 2.53 bits per heavy atom. The fourth-order valence-corrected chi connectivity index (χ4v) is 7.53. The van der Waals surface area contributed by atoms with Crippen LogP contribution in [0.25, 0.3) is 0 Å². The molecule has 1 saturated heterocycles. The average Bonchev–Trinajstić information content (AvgIpc) is 3.51. The first kappa shape index (κ1) is 26.3. The molecule has 5 nitrogen and oxygen atoms in total. The van der Waals surface area contributed by atoms with Crippen molar-refractivity contribution in [1.29, 1.82) is 0 Å². The van der Waals surface area contributed by atoms with E-state index in [4.69, 9.17) is 14.2 Å². The van der Waals surface area contributed by atoms with Crippen LogP contribution in [0.2, 0.25) is 0 Å². The summed E-state index contributed by atoms with van der Waals surface area (Å²) in [4.78, 5) is 0. The van der Waals surface area contributed by atoms with Gasteiger partial charge in [-0.05, 0) is 88.4 Å². The fraction of sp³-hybridized carbons (Fsp3) is 0.862. The summed E-state index contributed by atoms with van der Waals surface area (Å²) in [7, 11) is 1.68. The van der Waals surface area contributed by atoms with Gasteiger partial charge in [-0.25, -0.2) is 0 Å². The molecule has 34 heavy (non-hydrogen) atoms. The predicted molar refractivity (Wildman–Crippen MR) is 134 cm³/mol. The van der Waals surface area contributed by atoms with Gasteiger partial charge in [0.05, 0.1) is 24.4 Å². The maximum Gasteiger partial charge on any atom is 0.147 e. The van der Waals surface area contributed by atoms with Crippen LogP contribution in [0.5, 0.6) is 0 Å². The number of hydrogen-bond acceptors (Lipinski definition) is 5. The van der Waals surface area contributed by atoms with Crippen molar-refractivity contribution in [2.45, 2.75) is 115 Å². The van der Waals surface area contributed by atoms with Gasteiger partial charge < -0.3 is 24.4 Å². The number of aliphatic hydroxyl groups is 2. The van der Waals surface area contributed by atoms with Crippen LogP contribution in [0.4, 0.5) is 0 Å². The van der Waals surface area contributed by atoms with Gasteiger partial charge in [0.2, 0.25) is 0 Å². The molecule has 5 heteroatoms. The number of aliphatic hydroxyl groups excluding tert-OH is 2. The molecule has 4 rings (SSSR count). The Morgan fingerprint density at radius 2 is 1.88 bits per heavy atom. The van der Waals surface area contributed by atoms with Crippen molar-refractivity contribution < 1.29 is 24.4 Å². The second kappa shape index (κ2) is 10.3. The SMILES string of the molecule is COCOC(C)(C)CCC[C@@H](C)C1CCC2C(=CC=C3C[C@@H](O)C4(CO4)[C@H](O)C3)CCCC21C. The van der Waals surface area contributed by atoms with E-state index in [-0.39, 0.29) is 5.60 Å². The normalized spacial score (nSPS) is 40.0. The zero-order chi connectivity index (χ0) is 24.6. The highest BCUT2D eigenvalue weighted by Crippen LogP contribution is 2.60. The maximum absolute atomic E-state index is 10.5. The second-order valence-corrected chi connectivity index (χ2v) is 12.5. The summed E-state index contributed by atoms with van der Waals surface area (Å²) >= 11 is 0. The quantitative estimate of drug-likeness (QED) is 0.337. The van der Waals surface area contributed by atoms with Crippen LogP contribution in [-0.2, 0) is 14.2 Å². The second-order valence-electron chi connectivity index (χ2n) is 12.5. The molecule has 2 N–H and O–H groups in total. The van der Waals surface area contributed by atoms with Crippen LogP contribution in [0.1, 0.15) is 91.9 Å². The minimum Gasteiger partial charge on any atom is -0.390 e. The van der Waals surface area contributed by atoms with Gasteiger partial charge in [-0.15, -0.1) is 0 Å². The van der Waals surface area contributed by atoms with E-state index in [0.29, 0.717) is 37.6 Å². The molecule has 0 bridgehead atoms. The Labute approximate surface area is 206 Å². The van der Waals surface area contributed by atoms with E-state index in [1.165, 1.54) is 44.9 Å². The molecule has 3 saturated carbocycles. The first-order valence-corrected chi connectivity index (χ1v) is 13.6. The molecule has 4 fully saturated rings. The summed E-state index contributed by atoms with van der Waals surface area (Å²) in [5, 5.41) is 20.9. The number of methoxy groups -OCH3 is 1. The molecule has 4 aliphatic rings. The van der Waals surface area contributed by atoms with Crippen molar-refractivity contribution in [2.24, 2.45) is 23.2 Å². The lowest BCUT2D eigenvalue weighted by Crippen LogP contribution is -2.45. The summed E-state index contributed by atoms with van der Waals surface area (Å²) in [5.41, 5.74) is 2.34. The molecule has 6 atom stereocenters. The zero-order valence-electron chi connectivity index (χ0n) is 22.1. The monoisotopic (exact) mass is 476 g/mol. The lowest BCUT2D eigenvalue weighted by Gasteiger charge is -2.44. The van der Waals surface area contributed by atoms with Crippen LogP contribution < -0.4 is 0 Å². The Hall–Kier alpha value is -0.720. The van der Waals surface area contributed by atoms with E-state index in [1.807, 2.05) is 0 Å². The molecule has 0 radical (unpaired) electrons. The molecule has 0 amide bonds. The van der Waals surface area contributed by atoms with E-state index in [1.54, 1.807) is 12.7 Å². The third kappa shape index (κ3) is 5.34. The molecule has 3 aliphatic carbocycles. The molecule has 0 aromatic heterocycles. The van der Waals surface area contributed by atoms with E-state index >= 15 is 0 Å². The third-order valence-corrected chi connectivity index (χ3v) is 9.78. The molecule has 194 valence electrons. The van der Waals surface area contributed by atoms with E-state index in [9.17, 15) is 10.2 Å². The van der Waals surface area contributed by atoms with Crippen molar-refractivity contribution in [1.82, 2.24) is 0 Å². The van der Waals surface area contributed by atoms with Crippen molar-refractivity contribution in [3.8, 4) is 0 Å². The molecule has 1 spiro atoms. The lowest BCUT2D eigenvalue weighted by molar-refractivity contribution is -0.118. The Bertz CT molecular complexity index is 750. The lowest BCUT2D eigenvalue weighted by atomic mass is 9.60. The third-order valence-electron chi connectivity index (χ3n) is 9.78. The molecule has 0 aromatic rings. The van der Waals surface area contributed by atoms with Gasteiger partial charge >= 0.3 is 0 Å². The summed E-state index contributed by atoms with van der Waals surface area (Å²) in [6.45, 7) is 10.2. The number of allylic oxidation sites excluding steroid dienone is 3. The zero-order valence-corrected chi connectivity index (χ0v) is 22.1. The highest BCUT2D eigenvalue weighted by Gasteiger charge is 2.59. The van der Waals surface area contributed by atoms with Crippen molar-refractivity contribution in [2.75, 3.05) is 20.5 Å². The van der Waals surface area contributed by atoms with Gasteiger partial charge in [0, 0.05) is 7.11 Å². The van der Waals surface area contributed by atoms with Crippen LogP contribution in [0.15, 0.2) is 23.3 Å². The van der Waals surface area contributed by atoms with Gasteiger partial charge in [-0.2, -0.15) is 0 Å². The predicted octanol–water partition coefficient (Wildman–Crippen LogP) is 5.55. The van der Waals surface area contributed by atoms with E-state index in [0.717, 1.165) is 23.8 Å². The summed E-state index contributed by atoms with van der Waals surface area (Å²) in [5.74, 6) is 2.18. The Morgan fingerprint density at radius 1 is 1.18 bits per heavy atom. The van der Waals surface area contributed by atoms with Gasteiger partial charge in [0.1, 0.15) is 12.4 Å². The van der Waals surface area contributed by atoms with Crippen LogP contribution in [-0.4, -0.2) is 54.1 Å². The van der Waals surface area contributed by atoms with Crippen molar-refractivity contribution in [3.63, 3.8) is 0 Å². The topological polar surface area (TPSA) is 71.5 Å². The average molecular weight is 477 g/mol. The first-order chi connectivity index (χ1) is 16.1. The number of rotatable bonds is 9. The van der Waals surface area contributed by atoms with Crippen LogP contribution in [0.3, 0.4) is 0 Å². The maximum atomic E-state index is 10.5. The largest absolute Gasteiger partial charge is 0.390 e. The Balaban J connectivity index is 1.36. The first-order valence-electron chi connectivity index (χ1n) is 13.6. The molecule has 3 unspecified atom stereocenters. The minimum atomic E-state index is -0.673. The Kier molecular flexibility index (Phi) is 8.01. The minimum absolute atomic E-state index is 0.127. The summed E-state index contributed by atoms with van der Waals surface area (Å²) in [6.07, 6.45) is 14.6. The smallest absolute Gasteiger partial charge is 0.147 e. The van der Waals surface area contributed by atoms with Crippen LogP contribution >= 0.6 is 0 Å². The van der Waals surface area contributed by atoms with Crippen molar-refractivity contribution in [3.05, 3.63) is 23.3 Å². The number of ether oxygens (including phenoxy) is 3. The summed E-state index contributed by atoms with van der Waals surface area (Å²) in [6, 6.07) is 0. The van der Waals surface area contributed by atoms with Crippen molar-refractivity contribution >= 4 is 0 Å². The van der Waals surface area contributed by atoms with Gasteiger partial charge in [0.25, 0.3) is 0 Å². The summed E-state index contributed by atoms with van der Waals surface area (Å²) < 4.78 is 16.3. The van der Waals surface area contributed by atoms with Gasteiger partial charge in [0.15, 0.2) is 0 Å². The van der Waals surface area contributed by atoms with Gasteiger partial charge in [-0.3, -0.25) is 0 Å². The number of epoxide rings is 1. The highest BCUT2D eigenvalue weighted by molar-refractivity contribution is 5.28. The van der Waals surface area contributed by atoms with E-state index < -0.39 is 17.8 Å². The molecule has 0 aromatic carbocycles. The number of fused-ring (bicyclic) bond motifs is 1. The van der Waals surface area contributed by atoms with E-state index in [2.05, 4.69) is 39.8 Å². The van der Waals surface area contributed by atoms with Gasteiger partial charge in [-0.1, -0.05) is 50.0 Å². The molecule has 1 aliphatic heterocycles. The molecular formula is C29H48O5. The molecule has 1 heterocycles. The highest BCUT2D eigenvalue weighted by atomic mass is 16.7.